The zero-order valence-electron chi connectivity index (χ0n) is 5.35. The molecule has 0 aliphatic carbocycles. The number of alkyl halides is 3. The van der Waals surface area contributed by atoms with Crippen LogP contribution in [0.1, 0.15) is 0 Å². The van der Waals surface area contributed by atoms with Crippen molar-refractivity contribution in [3.8, 4) is 5.75 Å². The van der Waals surface area contributed by atoms with Gasteiger partial charge in [-0.25, -0.2) is 0 Å². The minimum atomic E-state index is -1.70. The zero-order valence-corrected chi connectivity index (χ0v) is 7.62. The molecule has 1 radical (unpaired) electrons. The fourth-order valence-electron chi connectivity index (χ4n) is 0.574. The minimum absolute atomic E-state index is 0.479. The van der Waals surface area contributed by atoms with E-state index in [-0.39, 0.29) is 0 Å². The van der Waals surface area contributed by atoms with E-state index in [0.717, 1.165) is 0 Å². The third-order valence-corrected chi connectivity index (χ3v) is 1.14. The second kappa shape index (κ2) is 3.53. The van der Waals surface area contributed by atoms with E-state index in [1.165, 1.54) is 0 Å². The molecule has 0 saturated heterocycles. The molecule has 1 aromatic rings. The molecule has 0 spiro atoms. The predicted octanol–water partition coefficient (Wildman–Crippen LogP) is 3.19. The van der Waals surface area contributed by atoms with Crippen molar-refractivity contribution in [1.29, 1.82) is 0 Å². The molecule has 1 rings (SSSR count). The predicted molar refractivity (Wildman–Crippen MR) is 46.2 cm³/mol. The van der Waals surface area contributed by atoms with Crippen LogP contribution in [0.5, 0.6) is 5.75 Å². The van der Waals surface area contributed by atoms with Crippen LogP contribution in [0.15, 0.2) is 24.3 Å². The van der Waals surface area contributed by atoms with Crippen molar-refractivity contribution in [3.63, 3.8) is 0 Å². The van der Waals surface area contributed by atoms with Crippen molar-refractivity contribution < 1.29 is 4.74 Å². The normalized spacial score (nSPS) is 11.2. The van der Waals surface area contributed by atoms with E-state index >= 15 is 0 Å². The summed E-state index contributed by atoms with van der Waals surface area (Å²) in [6.45, 7) is 0. The van der Waals surface area contributed by atoms with Crippen LogP contribution in [-0.2, 0) is 0 Å². The second-order valence-electron chi connectivity index (χ2n) is 1.79. The van der Waals surface area contributed by atoms with E-state index in [9.17, 15) is 0 Å². The van der Waals surface area contributed by atoms with Crippen molar-refractivity contribution >= 4 is 34.8 Å². The standard InChI is InChI=1S/C7H4Cl3O/c8-7(9,10)11-6-4-2-1-3-5-6/h1-2,4-5H. The first-order valence-electron chi connectivity index (χ1n) is 2.80. The van der Waals surface area contributed by atoms with Gasteiger partial charge in [-0.1, -0.05) is 12.1 Å². The molecule has 59 valence electrons. The van der Waals surface area contributed by atoms with Gasteiger partial charge in [0.1, 0.15) is 5.75 Å². The van der Waals surface area contributed by atoms with Crippen LogP contribution in [0, 0.1) is 6.07 Å². The largest absolute Gasteiger partial charge is 0.446 e. The van der Waals surface area contributed by atoms with Crippen LogP contribution in [0.3, 0.4) is 0 Å². The van der Waals surface area contributed by atoms with Gasteiger partial charge >= 0.3 is 3.98 Å². The number of rotatable bonds is 1. The number of hydrogen-bond acceptors (Lipinski definition) is 1. The van der Waals surface area contributed by atoms with E-state index < -0.39 is 3.98 Å². The molecular weight excluding hydrogens is 206 g/mol. The van der Waals surface area contributed by atoms with Gasteiger partial charge in [-0.2, -0.15) is 0 Å². The number of benzene rings is 1. The summed E-state index contributed by atoms with van der Waals surface area (Å²) < 4.78 is 3.17. The lowest BCUT2D eigenvalue weighted by Gasteiger charge is -2.12. The Morgan fingerprint density at radius 3 is 2.55 bits per heavy atom. The van der Waals surface area contributed by atoms with Gasteiger partial charge in [0.2, 0.25) is 0 Å². The van der Waals surface area contributed by atoms with Gasteiger partial charge in [-0.05, 0) is 53.0 Å². The minimum Gasteiger partial charge on any atom is -0.446 e. The van der Waals surface area contributed by atoms with Crippen LogP contribution in [-0.4, -0.2) is 3.98 Å². The summed E-state index contributed by atoms with van der Waals surface area (Å²) in [5, 5.41) is 0. The van der Waals surface area contributed by atoms with Gasteiger partial charge in [0.15, 0.2) is 0 Å². The van der Waals surface area contributed by atoms with Gasteiger partial charge < -0.3 is 4.74 Å². The van der Waals surface area contributed by atoms with Gasteiger partial charge in [0, 0.05) is 0 Å². The number of halogens is 3. The van der Waals surface area contributed by atoms with Crippen LogP contribution >= 0.6 is 34.8 Å². The maximum Gasteiger partial charge on any atom is 0.338 e. The van der Waals surface area contributed by atoms with Crippen LogP contribution in [0.4, 0.5) is 0 Å². The lowest BCUT2D eigenvalue weighted by atomic mass is 10.3. The van der Waals surface area contributed by atoms with Crippen molar-refractivity contribution in [2.24, 2.45) is 0 Å². The average Bonchev–Trinajstić information content (AvgIpc) is 1.85. The van der Waals surface area contributed by atoms with Gasteiger partial charge in [-0.15, -0.1) is 0 Å². The van der Waals surface area contributed by atoms with Crippen molar-refractivity contribution in [3.05, 3.63) is 30.3 Å². The molecule has 1 aromatic carbocycles. The molecule has 0 heterocycles. The van der Waals surface area contributed by atoms with E-state index in [4.69, 9.17) is 39.5 Å². The molecule has 0 atom stereocenters. The third kappa shape index (κ3) is 3.71. The van der Waals surface area contributed by atoms with Crippen molar-refractivity contribution in [2.75, 3.05) is 0 Å². The average molecular weight is 210 g/mol. The molecule has 11 heavy (non-hydrogen) atoms. The molecule has 0 saturated carbocycles. The van der Waals surface area contributed by atoms with E-state index in [0.29, 0.717) is 5.75 Å². The number of ether oxygens (including phenoxy) is 1. The maximum absolute atomic E-state index is 5.36. The third-order valence-electron chi connectivity index (χ3n) is 0.912. The first kappa shape index (κ1) is 8.98. The molecule has 1 nitrogen and oxygen atoms in total. The molecule has 0 aliphatic rings. The molecule has 4 heteroatoms. The molecule has 0 bridgehead atoms. The summed E-state index contributed by atoms with van der Waals surface area (Å²) >= 11 is 16.1. The SMILES string of the molecule is ClC(Cl)(Cl)Oc1c[c]ccc1. The molecule has 0 amide bonds. The Hall–Kier alpha value is -0.110. The lowest BCUT2D eigenvalue weighted by Crippen LogP contribution is -2.12. The molecule has 0 fully saturated rings. The van der Waals surface area contributed by atoms with Crippen LogP contribution < -0.4 is 4.74 Å². The summed E-state index contributed by atoms with van der Waals surface area (Å²) in [6.07, 6.45) is 0. The summed E-state index contributed by atoms with van der Waals surface area (Å²) in [4.78, 5) is 0. The maximum atomic E-state index is 5.36. The first-order chi connectivity index (χ1) is 5.08. The van der Waals surface area contributed by atoms with Gasteiger partial charge in [0.25, 0.3) is 0 Å². The molecular formula is C7H4Cl3O. The Bertz CT molecular complexity index is 217. The Morgan fingerprint density at radius 1 is 1.36 bits per heavy atom. The highest BCUT2D eigenvalue weighted by atomic mass is 35.6. The Balaban J connectivity index is 2.66. The van der Waals surface area contributed by atoms with E-state index in [2.05, 4.69) is 6.07 Å². The molecule has 0 aromatic heterocycles. The highest BCUT2D eigenvalue weighted by Gasteiger charge is 2.21. The van der Waals surface area contributed by atoms with Crippen molar-refractivity contribution in [1.82, 2.24) is 0 Å². The number of hydrogen-bond donors (Lipinski definition) is 0. The quantitative estimate of drug-likeness (QED) is 0.647. The highest BCUT2D eigenvalue weighted by molar-refractivity contribution is 6.66. The smallest absolute Gasteiger partial charge is 0.338 e. The Labute approximate surface area is 79.8 Å². The monoisotopic (exact) mass is 209 g/mol. The van der Waals surface area contributed by atoms with E-state index in [1.807, 2.05) is 0 Å². The Morgan fingerprint density at radius 2 is 2.09 bits per heavy atom. The van der Waals surface area contributed by atoms with E-state index in [1.54, 1.807) is 24.3 Å². The van der Waals surface area contributed by atoms with Crippen LogP contribution in [0.25, 0.3) is 0 Å². The van der Waals surface area contributed by atoms with Crippen molar-refractivity contribution in [2.45, 2.75) is 3.98 Å². The van der Waals surface area contributed by atoms with Crippen LogP contribution in [0.2, 0.25) is 0 Å². The molecule has 0 N–H and O–H groups in total. The zero-order chi connectivity index (χ0) is 8.32. The van der Waals surface area contributed by atoms with Gasteiger partial charge in [0.05, 0.1) is 0 Å². The second-order valence-corrected chi connectivity index (χ2v) is 3.96. The first-order valence-corrected chi connectivity index (χ1v) is 3.93. The fraction of sp³-hybridized carbons (Fsp3) is 0.143. The summed E-state index contributed by atoms with van der Waals surface area (Å²) in [5.41, 5.74) is 0. The summed E-state index contributed by atoms with van der Waals surface area (Å²) in [6, 6.07) is 9.52. The van der Waals surface area contributed by atoms with Gasteiger partial charge in [-0.3, -0.25) is 0 Å². The molecule has 0 aliphatic heterocycles. The molecule has 0 unspecified atom stereocenters. The lowest BCUT2D eigenvalue weighted by molar-refractivity contribution is 0.320. The fourth-order valence-corrected chi connectivity index (χ4v) is 0.841. The highest BCUT2D eigenvalue weighted by Crippen LogP contribution is 2.29. The summed E-state index contributed by atoms with van der Waals surface area (Å²) in [7, 11) is 0. The Kier molecular flexibility index (Phi) is 2.88. The summed E-state index contributed by atoms with van der Waals surface area (Å²) in [5.74, 6) is 0.479. The topological polar surface area (TPSA) is 9.23 Å².